The SMILES string of the molecule is COc1ccccc1-c1nnc(SCC(=O)NC2CCCCC2)n1C1CCCCC1. The highest BCUT2D eigenvalue weighted by Crippen LogP contribution is 2.38. The van der Waals surface area contributed by atoms with E-state index in [1.54, 1.807) is 7.11 Å². The lowest BCUT2D eigenvalue weighted by molar-refractivity contribution is -0.119. The zero-order valence-corrected chi connectivity index (χ0v) is 18.6. The summed E-state index contributed by atoms with van der Waals surface area (Å²) in [4.78, 5) is 12.5. The molecule has 1 N–H and O–H groups in total. The summed E-state index contributed by atoms with van der Waals surface area (Å²) in [6.07, 6.45) is 11.9. The lowest BCUT2D eigenvalue weighted by Gasteiger charge is -2.26. The zero-order valence-electron chi connectivity index (χ0n) is 17.8. The number of hydrogen-bond donors (Lipinski definition) is 1. The maximum absolute atomic E-state index is 12.5. The lowest BCUT2D eigenvalue weighted by Crippen LogP contribution is -2.37. The average Bonchev–Trinajstić information content (AvgIpc) is 3.22. The van der Waals surface area contributed by atoms with Crippen LogP contribution in [0.2, 0.25) is 0 Å². The van der Waals surface area contributed by atoms with Gasteiger partial charge in [-0.2, -0.15) is 0 Å². The number of amides is 1. The van der Waals surface area contributed by atoms with E-state index in [-0.39, 0.29) is 5.91 Å². The molecule has 0 atom stereocenters. The summed E-state index contributed by atoms with van der Waals surface area (Å²) in [6, 6.07) is 8.67. The Labute approximate surface area is 183 Å². The van der Waals surface area contributed by atoms with Crippen molar-refractivity contribution in [2.45, 2.75) is 81.4 Å². The number of carbonyl (C=O) groups is 1. The van der Waals surface area contributed by atoms with Crippen LogP contribution >= 0.6 is 11.8 Å². The molecule has 0 spiro atoms. The summed E-state index contributed by atoms with van der Waals surface area (Å²) < 4.78 is 7.84. The Morgan fingerprint density at radius 2 is 1.77 bits per heavy atom. The van der Waals surface area contributed by atoms with E-state index in [9.17, 15) is 4.79 Å². The van der Waals surface area contributed by atoms with E-state index in [1.807, 2.05) is 24.3 Å². The van der Waals surface area contributed by atoms with Crippen molar-refractivity contribution < 1.29 is 9.53 Å². The van der Waals surface area contributed by atoms with Gasteiger partial charge in [0.1, 0.15) is 5.75 Å². The van der Waals surface area contributed by atoms with Crippen molar-refractivity contribution in [3.8, 4) is 17.1 Å². The number of thioether (sulfide) groups is 1. The summed E-state index contributed by atoms with van der Waals surface area (Å²) in [7, 11) is 1.69. The molecule has 0 bridgehead atoms. The zero-order chi connectivity index (χ0) is 20.8. The second-order valence-corrected chi connectivity index (χ2v) is 9.30. The van der Waals surface area contributed by atoms with Crippen molar-refractivity contribution in [2.75, 3.05) is 12.9 Å². The van der Waals surface area contributed by atoms with E-state index < -0.39 is 0 Å². The second-order valence-electron chi connectivity index (χ2n) is 8.36. The third kappa shape index (κ3) is 4.99. The van der Waals surface area contributed by atoms with Crippen LogP contribution < -0.4 is 10.1 Å². The van der Waals surface area contributed by atoms with Gasteiger partial charge in [-0.3, -0.25) is 9.36 Å². The summed E-state index contributed by atoms with van der Waals surface area (Å²) in [5.41, 5.74) is 0.955. The number of carbonyl (C=O) groups excluding carboxylic acids is 1. The fourth-order valence-electron chi connectivity index (χ4n) is 4.70. The number of methoxy groups -OCH3 is 1. The Balaban J connectivity index is 1.53. The molecule has 0 radical (unpaired) electrons. The Bertz CT molecular complexity index is 841. The second kappa shape index (κ2) is 10.3. The highest BCUT2D eigenvalue weighted by molar-refractivity contribution is 7.99. The van der Waals surface area contributed by atoms with Crippen LogP contribution in [-0.4, -0.2) is 39.6 Å². The predicted molar refractivity (Wildman–Crippen MR) is 120 cm³/mol. The van der Waals surface area contributed by atoms with E-state index in [4.69, 9.17) is 4.74 Å². The van der Waals surface area contributed by atoms with Crippen molar-refractivity contribution in [1.82, 2.24) is 20.1 Å². The van der Waals surface area contributed by atoms with Crippen molar-refractivity contribution >= 4 is 17.7 Å². The highest BCUT2D eigenvalue weighted by atomic mass is 32.2. The molecule has 0 saturated heterocycles. The number of aromatic nitrogens is 3. The van der Waals surface area contributed by atoms with Gasteiger partial charge in [0, 0.05) is 12.1 Å². The van der Waals surface area contributed by atoms with Gasteiger partial charge in [-0.15, -0.1) is 10.2 Å². The highest BCUT2D eigenvalue weighted by Gasteiger charge is 2.26. The van der Waals surface area contributed by atoms with Crippen LogP contribution in [-0.2, 0) is 4.79 Å². The van der Waals surface area contributed by atoms with Crippen LogP contribution in [0.3, 0.4) is 0 Å². The first kappa shape index (κ1) is 21.2. The summed E-state index contributed by atoms with van der Waals surface area (Å²) in [5, 5.41) is 13.1. The smallest absolute Gasteiger partial charge is 0.230 e. The first-order valence-electron chi connectivity index (χ1n) is 11.3. The van der Waals surface area contributed by atoms with E-state index >= 15 is 0 Å². The molecule has 0 unspecified atom stereocenters. The van der Waals surface area contributed by atoms with Crippen LogP contribution in [0, 0.1) is 0 Å². The molecule has 2 fully saturated rings. The predicted octanol–water partition coefficient (Wildman–Crippen LogP) is 5.00. The minimum Gasteiger partial charge on any atom is -0.496 e. The summed E-state index contributed by atoms with van der Waals surface area (Å²) >= 11 is 1.50. The van der Waals surface area contributed by atoms with Crippen LogP contribution in [0.1, 0.15) is 70.3 Å². The van der Waals surface area contributed by atoms with Crippen LogP contribution in [0.25, 0.3) is 11.4 Å². The molecule has 2 aliphatic rings. The molecular formula is C23H32N4O2S. The molecule has 1 aromatic heterocycles. The van der Waals surface area contributed by atoms with Gasteiger partial charge in [-0.05, 0) is 37.8 Å². The van der Waals surface area contributed by atoms with E-state index in [0.717, 1.165) is 48.0 Å². The largest absolute Gasteiger partial charge is 0.496 e. The lowest BCUT2D eigenvalue weighted by atomic mass is 9.95. The molecule has 1 heterocycles. The van der Waals surface area contributed by atoms with E-state index in [0.29, 0.717) is 17.8 Å². The van der Waals surface area contributed by atoms with E-state index in [2.05, 4.69) is 20.1 Å². The molecule has 6 nitrogen and oxygen atoms in total. The normalized spacial score (nSPS) is 18.3. The fourth-order valence-corrected chi connectivity index (χ4v) is 5.52. The molecule has 30 heavy (non-hydrogen) atoms. The summed E-state index contributed by atoms with van der Waals surface area (Å²) in [5.74, 6) is 2.12. The number of nitrogens with one attached hydrogen (secondary N) is 1. The molecule has 1 aromatic carbocycles. The number of rotatable bonds is 7. The topological polar surface area (TPSA) is 69.0 Å². The van der Waals surface area contributed by atoms with Crippen molar-refractivity contribution in [1.29, 1.82) is 0 Å². The number of nitrogens with zero attached hydrogens (tertiary/aromatic N) is 3. The molecule has 1 amide bonds. The van der Waals surface area contributed by atoms with Gasteiger partial charge in [0.05, 0.1) is 18.4 Å². The maximum atomic E-state index is 12.5. The third-order valence-corrected chi connectivity index (χ3v) is 7.20. The number of para-hydroxylation sites is 1. The molecule has 2 aliphatic carbocycles. The number of ether oxygens (including phenoxy) is 1. The summed E-state index contributed by atoms with van der Waals surface area (Å²) in [6.45, 7) is 0. The van der Waals surface area contributed by atoms with Gasteiger partial charge in [0.15, 0.2) is 11.0 Å². The molecule has 0 aliphatic heterocycles. The van der Waals surface area contributed by atoms with Gasteiger partial charge in [0.25, 0.3) is 0 Å². The quantitative estimate of drug-likeness (QED) is 0.629. The molecule has 4 rings (SSSR count). The minimum absolute atomic E-state index is 0.101. The Morgan fingerprint density at radius 1 is 1.07 bits per heavy atom. The van der Waals surface area contributed by atoms with Gasteiger partial charge in [-0.25, -0.2) is 0 Å². The van der Waals surface area contributed by atoms with Crippen LogP contribution in [0.5, 0.6) is 5.75 Å². The Kier molecular flexibility index (Phi) is 7.31. The van der Waals surface area contributed by atoms with Crippen molar-refractivity contribution in [3.63, 3.8) is 0 Å². The molecule has 162 valence electrons. The molecular weight excluding hydrogens is 396 g/mol. The van der Waals surface area contributed by atoms with Gasteiger partial charge in [0.2, 0.25) is 5.91 Å². The average molecular weight is 429 g/mol. The monoisotopic (exact) mass is 428 g/mol. The van der Waals surface area contributed by atoms with Gasteiger partial charge in [-0.1, -0.05) is 62.4 Å². The first-order chi connectivity index (χ1) is 14.8. The van der Waals surface area contributed by atoms with Crippen LogP contribution in [0.4, 0.5) is 0 Å². The fraction of sp³-hybridized carbons (Fsp3) is 0.609. The maximum Gasteiger partial charge on any atom is 0.230 e. The Hall–Kier alpha value is -2.02. The third-order valence-electron chi connectivity index (χ3n) is 6.25. The van der Waals surface area contributed by atoms with E-state index in [1.165, 1.54) is 50.3 Å². The standard InChI is InChI=1S/C23H32N4O2S/c1-29-20-15-9-8-14-19(20)22-25-26-23(27(22)18-12-6-3-7-13-18)30-16-21(28)24-17-10-4-2-5-11-17/h8-9,14-15,17-18H,2-7,10-13,16H2,1H3,(H,24,28). The van der Waals surface area contributed by atoms with Gasteiger partial charge < -0.3 is 10.1 Å². The van der Waals surface area contributed by atoms with Crippen molar-refractivity contribution in [2.24, 2.45) is 0 Å². The molecule has 2 aromatic rings. The molecule has 2 saturated carbocycles. The van der Waals surface area contributed by atoms with Crippen molar-refractivity contribution in [3.05, 3.63) is 24.3 Å². The number of hydrogen-bond acceptors (Lipinski definition) is 5. The first-order valence-corrected chi connectivity index (χ1v) is 12.3. The van der Waals surface area contributed by atoms with Gasteiger partial charge >= 0.3 is 0 Å². The number of benzene rings is 1. The molecule has 7 heteroatoms. The van der Waals surface area contributed by atoms with Crippen LogP contribution in [0.15, 0.2) is 29.4 Å². The minimum atomic E-state index is 0.101. The Morgan fingerprint density at radius 3 is 2.50 bits per heavy atom.